The topological polar surface area (TPSA) is 110 Å². The Balaban J connectivity index is 1.92. The van der Waals surface area contributed by atoms with Crippen LogP contribution in [0.25, 0.3) is 0 Å². The molecule has 0 amide bonds. The summed E-state index contributed by atoms with van der Waals surface area (Å²) in [4.78, 5) is 7.79. The predicted octanol–water partition coefficient (Wildman–Crippen LogP) is 0.0951. The second-order valence-corrected chi connectivity index (χ2v) is 5.99. The van der Waals surface area contributed by atoms with E-state index in [1.165, 1.54) is 12.5 Å². The van der Waals surface area contributed by atoms with Crippen molar-refractivity contribution in [2.24, 2.45) is 0 Å². The highest BCUT2D eigenvalue weighted by Crippen LogP contribution is 2.06. The first-order chi connectivity index (χ1) is 10.1. The fourth-order valence-electron chi connectivity index (χ4n) is 1.62. The van der Waals surface area contributed by atoms with Crippen molar-refractivity contribution >= 4 is 10.0 Å². The van der Waals surface area contributed by atoms with Crippen molar-refractivity contribution in [3.63, 3.8) is 0 Å². The van der Waals surface area contributed by atoms with Crippen molar-refractivity contribution < 1.29 is 12.9 Å². The van der Waals surface area contributed by atoms with Gasteiger partial charge in [-0.15, -0.1) is 0 Å². The molecular weight excluding hydrogens is 294 g/mol. The normalized spacial score (nSPS) is 11.7. The highest BCUT2D eigenvalue weighted by molar-refractivity contribution is 7.89. The molecule has 114 valence electrons. The highest BCUT2D eigenvalue weighted by Gasteiger charge is 2.15. The Kier molecular flexibility index (Phi) is 5.37. The van der Waals surface area contributed by atoms with Gasteiger partial charge in [0.1, 0.15) is 0 Å². The zero-order chi connectivity index (χ0) is 15.1. The van der Waals surface area contributed by atoms with E-state index in [-0.39, 0.29) is 11.6 Å². The highest BCUT2D eigenvalue weighted by atomic mass is 32.2. The van der Waals surface area contributed by atoms with Gasteiger partial charge in [-0.3, -0.25) is 0 Å². The van der Waals surface area contributed by atoms with Gasteiger partial charge < -0.3 is 9.84 Å². The minimum atomic E-state index is -3.62. The molecule has 0 fully saturated rings. The smallest absolute Gasteiger partial charge is 0.258 e. The molecule has 2 rings (SSSR count). The van der Waals surface area contributed by atoms with Crippen LogP contribution in [-0.2, 0) is 23.0 Å². The van der Waals surface area contributed by atoms with Crippen molar-refractivity contribution in [2.75, 3.05) is 13.1 Å². The summed E-state index contributed by atoms with van der Waals surface area (Å²) >= 11 is 0. The van der Waals surface area contributed by atoms with Crippen LogP contribution in [0, 0.1) is 0 Å². The van der Waals surface area contributed by atoms with Crippen molar-refractivity contribution in [1.82, 2.24) is 25.2 Å². The third-order valence-electron chi connectivity index (χ3n) is 2.70. The first-order valence-electron chi connectivity index (χ1n) is 6.52. The van der Waals surface area contributed by atoms with E-state index < -0.39 is 10.0 Å². The van der Waals surface area contributed by atoms with Crippen molar-refractivity contribution in [2.45, 2.75) is 24.9 Å². The van der Waals surface area contributed by atoms with Gasteiger partial charge in [0.25, 0.3) is 10.0 Å². The van der Waals surface area contributed by atoms with Gasteiger partial charge in [0.2, 0.25) is 6.39 Å². The van der Waals surface area contributed by atoms with Gasteiger partial charge in [-0.25, -0.2) is 18.1 Å². The van der Waals surface area contributed by atoms with Gasteiger partial charge in [-0.1, -0.05) is 18.1 Å². The molecule has 0 saturated heterocycles. The van der Waals surface area contributed by atoms with Crippen LogP contribution in [0.1, 0.15) is 18.3 Å². The van der Waals surface area contributed by atoms with Crippen molar-refractivity contribution in [3.8, 4) is 0 Å². The van der Waals surface area contributed by atoms with Crippen LogP contribution in [0.5, 0.6) is 0 Å². The Morgan fingerprint density at radius 3 is 2.76 bits per heavy atom. The molecule has 0 atom stereocenters. The lowest BCUT2D eigenvalue weighted by Crippen LogP contribution is -2.27. The molecule has 2 N–H and O–H groups in total. The van der Waals surface area contributed by atoms with Crippen LogP contribution in [-0.4, -0.2) is 36.6 Å². The van der Waals surface area contributed by atoms with Crippen LogP contribution in [0.15, 0.2) is 34.3 Å². The average molecular weight is 311 g/mol. The number of hydrogen-bond acceptors (Lipinski definition) is 7. The maximum absolute atomic E-state index is 12.0. The van der Waals surface area contributed by atoms with Gasteiger partial charge in [-0.05, 0) is 18.2 Å². The van der Waals surface area contributed by atoms with E-state index >= 15 is 0 Å². The zero-order valence-corrected chi connectivity index (χ0v) is 12.4. The molecule has 0 unspecified atom stereocenters. The maximum atomic E-state index is 12.0. The zero-order valence-electron chi connectivity index (χ0n) is 11.6. The van der Waals surface area contributed by atoms with E-state index in [1.807, 2.05) is 6.92 Å². The van der Waals surface area contributed by atoms with Gasteiger partial charge >= 0.3 is 0 Å². The van der Waals surface area contributed by atoms with Crippen LogP contribution in [0.2, 0.25) is 0 Å². The lowest BCUT2D eigenvalue weighted by Gasteiger charge is -2.06. The van der Waals surface area contributed by atoms with E-state index in [2.05, 4.69) is 29.7 Å². The number of rotatable bonds is 8. The second-order valence-electron chi connectivity index (χ2n) is 4.28. The molecule has 0 aliphatic heterocycles. The molecule has 0 aromatic carbocycles. The van der Waals surface area contributed by atoms with Crippen LogP contribution in [0.3, 0.4) is 0 Å². The molecule has 0 spiro atoms. The van der Waals surface area contributed by atoms with Gasteiger partial charge in [0, 0.05) is 25.7 Å². The molecule has 0 radical (unpaired) electrons. The van der Waals surface area contributed by atoms with Gasteiger partial charge in [0.05, 0.1) is 0 Å². The molecule has 8 nitrogen and oxygen atoms in total. The summed E-state index contributed by atoms with van der Waals surface area (Å²) in [5.74, 6) is 0.451. The number of hydrogen-bond donors (Lipinski definition) is 2. The molecule has 2 aromatic heterocycles. The largest absolute Gasteiger partial charge is 0.343 e. The summed E-state index contributed by atoms with van der Waals surface area (Å²) in [7, 11) is -3.62. The molecule has 2 heterocycles. The van der Waals surface area contributed by atoms with Gasteiger partial charge in [-0.2, -0.15) is 4.98 Å². The number of nitrogens with one attached hydrogen (secondary N) is 2. The summed E-state index contributed by atoms with van der Waals surface area (Å²) in [5.41, 5.74) is 0.933. The van der Waals surface area contributed by atoms with E-state index in [4.69, 9.17) is 0 Å². The molecule has 0 aliphatic carbocycles. The molecule has 2 aromatic rings. The summed E-state index contributed by atoms with van der Waals surface area (Å²) in [6, 6.07) is 3.23. The minimum absolute atomic E-state index is 0.00383. The first kappa shape index (κ1) is 15.5. The molecule has 0 aliphatic rings. The quantitative estimate of drug-likeness (QED) is 0.711. The Bertz CT molecular complexity index is 640. The molecule has 9 heteroatoms. The Morgan fingerprint density at radius 1 is 1.29 bits per heavy atom. The van der Waals surface area contributed by atoms with Crippen LogP contribution in [0.4, 0.5) is 0 Å². The van der Waals surface area contributed by atoms with Crippen molar-refractivity contribution in [1.29, 1.82) is 0 Å². The second kappa shape index (κ2) is 7.25. The minimum Gasteiger partial charge on any atom is -0.343 e. The number of aromatic nitrogens is 3. The first-order valence-corrected chi connectivity index (χ1v) is 8.00. The number of nitrogens with zero attached hydrogens (tertiary/aromatic N) is 3. The lowest BCUT2D eigenvalue weighted by molar-refractivity contribution is 0.409. The monoisotopic (exact) mass is 311 g/mol. The Morgan fingerprint density at radius 2 is 2.14 bits per heavy atom. The molecule has 0 bridgehead atoms. The number of pyridine rings is 1. The Hall–Kier alpha value is -1.84. The van der Waals surface area contributed by atoms with E-state index in [1.54, 1.807) is 12.3 Å². The Labute approximate surface area is 123 Å². The fraction of sp³-hybridized carbons (Fsp3) is 0.417. The maximum Gasteiger partial charge on any atom is 0.258 e. The van der Waals surface area contributed by atoms with Crippen molar-refractivity contribution in [3.05, 3.63) is 36.1 Å². The van der Waals surface area contributed by atoms with E-state index in [0.717, 1.165) is 12.1 Å². The standard InChI is InChI=1S/C12H17N5O3S/c1-2-13-7-10-3-4-12(14-8-10)21(18,19)16-6-5-11-15-9-20-17-11/h3-4,8-9,13,16H,2,5-7H2,1H3. The predicted molar refractivity (Wildman–Crippen MR) is 74.8 cm³/mol. The molecule has 21 heavy (non-hydrogen) atoms. The van der Waals surface area contributed by atoms with Gasteiger partial charge in [0.15, 0.2) is 10.9 Å². The SMILES string of the molecule is CCNCc1ccc(S(=O)(=O)NCCc2ncon2)nc1. The molecule has 0 saturated carbocycles. The van der Waals surface area contributed by atoms with Crippen LogP contribution < -0.4 is 10.0 Å². The van der Waals surface area contributed by atoms with E-state index in [9.17, 15) is 8.42 Å². The summed E-state index contributed by atoms with van der Waals surface area (Å²) in [5, 5.41) is 6.75. The lowest BCUT2D eigenvalue weighted by atomic mass is 10.3. The average Bonchev–Trinajstić information content (AvgIpc) is 2.98. The van der Waals surface area contributed by atoms with E-state index in [0.29, 0.717) is 18.8 Å². The third-order valence-corrected chi connectivity index (χ3v) is 4.08. The molecular formula is C12H17N5O3S. The summed E-state index contributed by atoms with van der Waals surface area (Å²) in [6.07, 6.45) is 3.11. The fourth-order valence-corrected chi connectivity index (χ4v) is 2.57. The summed E-state index contributed by atoms with van der Waals surface area (Å²) < 4.78 is 31.1. The number of sulfonamides is 1. The van der Waals surface area contributed by atoms with Crippen LogP contribution >= 0.6 is 0 Å². The third kappa shape index (κ3) is 4.59. The summed E-state index contributed by atoms with van der Waals surface area (Å²) in [6.45, 7) is 3.69.